The number of anilines is 1. The third kappa shape index (κ3) is 6.71. The quantitative estimate of drug-likeness (QED) is 0.302. The van der Waals surface area contributed by atoms with Gasteiger partial charge in [0, 0.05) is 17.7 Å². The topological polar surface area (TPSA) is 101 Å². The van der Waals surface area contributed by atoms with Gasteiger partial charge in [0.2, 0.25) is 5.01 Å². The smallest absolute Gasteiger partial charge is 0.505 e. The lowest BCUT2D eigenvalue weighted by atomic mass is 10.2. The van der Waals surface area contributed by atoms with Crippen LogP contribution in [0.4, 0.5) is 31.3 Å². The number of alkyl halides is 6. The van der Waals surface area contributed by atoms with Crippen molar-refractivity contribution in [2.75, 3.05) is 5.32 Å². The maximum absolute atomic E-state index is 13.2. The highest BCUT2D eigenvalue weighted by Gasteiger charge is 2.38. The van der Waals surface area contributed by atoms with Crippen LogP contribution in [-0.2, 0) is 12.7 Å². The van der Waals surface area contributed by atoms with Gasteiger partial charge in [0.1, 0.15) is 10.8 Å². The van der Waals surface area contributed by atoms with E-state index in [0.29, 0.717) is 0 Å². The molecule has 0 saturated heterocycles. The zero-order chi connectivity index (χ0) is 26.8. The second kappa shape index (κ2) is 10.4. The minimum atomic E-state index is -5.02. The van der Waals surface area contributed by atoms with Crippen LogP contribution in [0.1, 0.15) is 31.4 Å². The van der Waals surface area contributed by atoms with Gasteiger partial charge in [-0.2, -0.15) is 13.2 Å². The number of amides is 2. The van der Waals surface area contributed by atoms with Gasteiger partial charge in [-0.25, -0.2) is 4.98 Å². The summed E-state index contributed by atoms with van der Waals surface area (Å²) >= 11 is 11.4. The van der Waals surface area contributed by atoms with Gasteiger partial charge in [-0.05, 0) is 18.2 Å². The van der Waals surface area contributed by atoms with Gasteiger partial charge in [0.25, 0.3) is 11.8 Å². The molecule has 36 heavy (non-hydrogen) atoms. The summed E-state index contributed by atoms with van der Waals surface area (Å²) in [6.07, 6.45) is -9.99. The minimum Gasteiger partial charge on any atom is -0.505 e. The summed E-state index contributed by atoms with van der Waals surface area (Å²) in [4.78, 5) is 28.4. The molecule has 3 N–H and O–H groups in total. The van der Waals surface area contributed by atoms with Crippen molar-refractivity contribution >= 4 is 51.4 Å². The molecule has 0 bridgehead atoms. The number of nitrogens with one attached hydrogen (secondary N) is 2. The summed E-state index contributed by atoms with van der Waals surface area (Å²) in [5.74, 6) is -3.41. The van der Waals surface area contributed by atoms with Crippen LogP contribution in [0.5, 0.6) is 11.5 Å². The summed E-state index contributed by atoms with van der Waals surface area (Å²) < 4.78 is 81.3. The van der Waals surface area contributed by atoms with Crippen molar-refractivity contribution in [3.8, 4) is 11.5 Å². The van der Waals surface area contributed by atoms with Crippen molar-refractivity contribution in [2.24, 2.45) is 0 Å². The highest BCUT2D eigenvalue weighted by molar-refractivity contribution is 7.16. The van der Waals surface area contributed by atoms with Gasteiger partial charge in [-0.3, -0.25) is 9.59 Å². The van der Waals surface area contributed by atoms with E-state index in [2.05, 4.69) is 20.4 Å². The zero-order valence-corrected chi connectivity index (χ0v) is 19.6. The van der Waals surface area contributed by atoms with E-state index in [4.69, 9.17) is 23.2 Å². The van der Waals surface area contributed by atoms with Gasteiger partial charge < -0.3 is 20.5 Å². The molecule has 0 spiro atoms. The number of phenols is 1. The molecule has 1 heterocycles. The number of thiazole rings is 1. The second-order valence-electron chi connectivity index (χ2n) is 6.78. The number of ether oxygens (including phenoxy) is 1. The first-order valence-corrected chi connectivity index (χ1v) is 10.9. The third-order valence-corrected chi connectivity index (χ3v) is 5.82. The van der Waals surface area contributed by atoms with Crippen LogP contribution in [0.2, 0.25) is 10.0 Å². The number of rotatable bonds is 6. The number of hydrogen-bond acceptors (Lipinski definition) is 6. The van der Waals surface area contributed by atoms with E-state index in [1.807, 2.05) is 0 Å². The Bertz CT molecular complexity index is 1290. The standard InChI is InChI=1S/C20H11Cl2F6N3O4S/c21-10-5-9(6-11(22)14(10)32)15(33)31-17-13(30-18(36-17)19(23,24)25)16(34)29-7-8-3-1-2-4-12(8)35-20(26,27)28/h1-6,32H,7H2,(H,29,34)(H,31,33). The number of para-hydroxylation sites is 1. The van der Waals surface area contributed by atoms with Crippen molar-refractivity contribution in [1.82, 2.24) is 10.3 Å². The van der Waals surface area contributed by atoms with Gasteiger partial charge >= 0.3 is 12.5 Å². The number of aromatic hydroxyl groups is 1. The van der Waals surface area contributed by atoms with Crippen LogP contribution < -0.4 is 15.4 Å². The monoisotopic (exact) mass is 573 g/mol. The summed E-state index contributed by atoms with van der Waals surface area (Å²) in [5, 5.41) is 11.1. The molecule has 1 aromatic heterocycles. The van der Waals surface area contributed by atoms with Gasteiger partial charge in [0.05, 0.1) is 10.0 Å². The average molecular weight is 574 g/mol. The van der Waals surface area contributed by atoms with E-state index in [1.165, 1.54) is 18.2 Å². The fourth-order valence-electron chi connectivity index (χ4n) is 2.69. The number of halogens is 8. The SMILES string of the molecule is O=C(Nc1sc(C(F)(F)F)nc1C(=O)NCc1ccccc1OC(F)(F)F)c1cc(Cl)c(O)c(Cl)c1. The summed E-state index contributed by atoms with van der Waals surface area (Å²) in [5.41, 5.74) is -1.23. The lowest BCUT2D eigenvalue weighted by Crippen LogP contribution is -2.26. The lowest BCUT2D eigenvalue weighted by Gasteiger charge is -2.13. The molecule has 2 amide bonds. The number of aromatic nitrogens is 1. The number of nitrogens with zero attached hydrogens (tertiary/aromatic N) is 1. The third-order valence-electron chi connectivity index (χ3n) is 4.23. The average Bonchev–Trinajstić information content (AvgIpc) is 3.19. The molecule has 192 valence electrons. The molecule has 0 atom stereocenters. The van der Waals surface area contributed by atoms with Crippen molar-refractivity contribution in [1.29, 1.82) is 0 Å². The summed E-state index contributed by atoms with van der Waals surface area (Å²) in [6, 6.07) is 6.76. The van der Waals surface area contributed by atoms with Gasteiger partial charge in [-0.15, -0.1) is 13.2 Å². The summed E-state index contributed by atoms with van der Waals surface area (Å²) in [7, 11) is 0. The van der Waals surface area contributed by atoms with Crippen molar-refractivity contribution in [3.63, 3.8) is 0 Å². The fourth-order valence-corrected chi connectivity index (χ4v) is 4.00. The minimum absolute atomic E-state index is 0.0557. The van der Waals surface area contributed by atoms with E-state index in [9.17, 15) is 41.0 Å². The fraction of sp³-hybridized carbons (Fsp3) is 0.150. The molecule has 7 nitrogen and oxygen atoms in total. The molecule has 16 heteroatoms. The maximum Gasteiger partial charge on any atom is 0.573 e. The van der Waals surface area contributed by atoms with E-state index >= 15 is 0 Å². The highest BCUT2D eigenvalue weighted by atomic mass is 35.5. The van der Waals surface area contributed by atoms with E-state index < -0.39 is 58.1 Å². The Balaban J connectivity index is 1.86. The predicted octanol–water partition coefficient (Wildman–Crippen LogP) is 6.26. The lowest BCUT2D eigenvalue weighted by molar-refractivity contribution is -0.274. The van der Waals surface area contributed by atoms with Crippen LogP contribution >= 0.6 is 34.5 Å². The summed E-state index contributed by atoms with van der Waals surface area (Å²) in [6.45, 7) is -0.569. The first kappa shape index (κ1) is 27.4. The van der Waals surface area contributed by atoms with Crippen LogP contribution in [0, 0.1) is 0 Å². The number of carbonyl (C=O) groups excluding carboxylic acids is 2. The Kier molecular flexibility index (Phi) is 7.91. The molecule has 0 aliphatic carbocycles. The largest absolute Gasteiger partial charge is 0.573 e. The second-order valence-corrected chi connectivity index (χ2v) is 8.59. The van der Waals surface area contributed by atoms with E-state index in [-0.39, 0.29) is 32.5 Å². The molecule has 2 aromatic carbocycles. The van der Waals surface area contributed by atoms with Gasteiger partial charge in [-0.1, -0.05) is 52.7 Å². The number of phenolic OH excluding ortho intramolecular Hbond substituents is 1. The van der Waals surface area contributed by atoms with Crippen LogP contribution in [0.25, 0.3) is 0 Å². The predicted molar refractivity (Wildman–Crippen MR) is 117 cm³/mol. The number of hydrogen-bond donors (Lipinski definition) is 3. The molecule has 0 saturated carbocycles. The Morgan fingerprint density at radius 1 is 1.03 bits per heavy atom. The molecule has 3 rings (SSSR count). The molecular weight excluding hydrogens is 563 g/mol. The molecule has 3 aromatic rings. The zero-order valence-electron chi connectivity index (χ0n) is 17.2. The van der Waals surface area contributed by atoms with Crippen LogP contribution in [0.15, 0.2) is 36.4 Å². The van der Waals surface area contributed by atoms with Crippen molar-refractivity contribution < 1.29 is 45.8 Å². The molecule has 0 fully saturated rings. The molecule has 0 aliphatic heterocycles. The normalized spacial score (nSPS) is 11.8. The number of benzene rings is 2. The van der Waals surface area contributed by atoms with Gasteiger partial charge in [0.15, 0.2) is 11.4 Å². The molecule has 0 aliphatic rings. The Morgan fingerprint density at radius 3 is 2.22 bits per heavy atom. The first-order chi connectivity index (χ1) is 16.7. The Morgan fingerprint density at radius 2 is 1.64 bits per heavy atom. The van der Waals surface area contributed by atoms with Crippen LogP contribution in [-0.4, -0.2) is 28.3 Å². The molecule has 0 unspecified atom stereocenters. The van der Waals surface area contributed by atoms with E-state index in [0.717, 1.165) is 18.2 Å². The van der Waals surface area contributed by atoms with Crippen LogP contribution in [0.3, 0.4) is 0 Å². The number of carbonyl (C=O) groups is 2. The van der Waals surface area contributed by atoms with E-state index in [1.54, 1.807) is 0 Å². The highest BCUT2D eigenvalue weighted by Crippen LogP contribution is 2.38. The Hall–Kier alpha value is -3.23. The Labute approximate surface area is 211 Å². The molecular formula is C20H11Cl2F6N3O4S. The molecule has 0 radical (unpaired) electrons. The maximum atomic E-state index is 13.2. The first-order valence-electron chi connectivity index (χ1n) is 9.35. The van der Waals surface area contributed by atoms with Crippen molar-refractivity contribution in [2.45, 2.75) is 19.1 Å². The van der Waals surface area contributed by atoms with Crippen molar-refractivity contribution in [3.05, 3.63) is 68.3 Å².